The van der Waals surface area contributed by atoms with Crippen LogP contribution in [0.15, 0.2) is 65.2 Å². The number of amides is 1. The van der Waals surface area contributed by atoms with Crippen LogP contribution in [0.3, 0.4) is 0 Å². The van der Waals surface area contributed by atoms with Crippen LogP contribution >= 0.6 is 0 Å². The van der Waals surface area contributed by atoms with Gasteiger partial charge in [0.2, 0.25) is 5.91 Å². The zero-order valence-electron chi connectivity index (χ0n) is 16.0. The van der Waals surface area contributed by atoms with E-state index in [0.717, 1.165) is 50.2 Å². The highest BCUT2D eigenvalue weighted by atomic mass is 16.5. The zero-order valence-corrected chi connectivity index (χ0v) is 16.0. The molecule has 1 fully saturated rings. The van der Waals surface area contributed by atoms with Gasteiger partial charge < -0.3 is 9.42 Å². The fourth-order valence-electron chi connectivity index (χ4n) is 3.77. The number of rotatable bonds is 7. The first-order valence-corrected chi connectivity index (χ1v) is 9.97. The number of nitrogens with zero attached hydrogens (tertiary/aromatic N) is 3. The van der Waals surface area contributed by atoms with E-state index in [1.165, 1.54) is 5.56 Å². The number of hydrogen-bond acceptors (Lipinski definition) is 4. The molecule has 1 unspecified atom stereocenters. The van der Waals surface area contributed by atoms with Gasteiger partial charge in [-0.3, -0.25) is 4.79 Å². The van der Waals surface area contributed by atoms with Gasteiger partial charge in [-0.15, -0.1) is 0 Å². The minimum atomic E-state index is 0.261. The van der Waals surface area contributed by atoms with Crippen LogP contribution < -0.4 is 0 Å². The molecule has 0 bridgehead atoms. The predicted octanol–water partition coefficient (Wildman–Crippen LogP) is 4.15. The predicted molar refractivity (Wildman–Crippen MR) is 108 cm³/mol. The number of benzene rings is 2. The molecule has 3 aromatic rings. The molecule has 1 aliphatic rings. The topological polar surface area (TPSA) is 59.2 Å². The number of carbonyl (C=O) groups excluding carboxylic acids is 1. The summed E-state index contributed by atoms with van der Waals surface area (Å²) in [4.78, 5) is 19.0. The first-order valence-electron chi connectivity index (χ1n) is 9.97. The minimum absolute atomic E-state index is 0.261. The van der Waals surface area contributed by atoms with E-state index in [1.807, 2.05) is 53.4 Å². The van der Waals surface area contributed by atoms with Crippen molar-refractivity contribution in [3.05, 3.63) is 72.1 Å². The Morgan fingerprint density at radius 2 is 1.82 bits per heavy atom. The van der Waals surface area contributed by atoms with E-state index >= 15 is 0 Å². The molecule has 0 saturated carbocycles. The molecule has 4 rings (SSSR count). The summed E-state index contributed by atoms with van der Waals surface area (Å²) in [6, 6.07) is 20.1. The molecule has 0 N–H and O–H groups in total. The van der Waals surface area contributed by atoms with Crippen molar-refractivity contribution in [2.45, 2.75) is 32.1 Å². The van der Waals surface area contributed by atoms with E-state index in [-0.39, 0.29) is 5.91 Å². The van der Waals surface area contributed by atoms with Crippen LogP contribution in [-0.4, -0.2) is 34.0 Å². The van der Waals surface area contributed by atoms with Crippen molar-refractivity contribution in [2.24, 2.45) is 5.92 Å². The molecule has 1 amide bonds. The molecule has 2 heterocycles. The summed E-state index contributed by atoms with van der Waals surface area (Å²) in [7, 11) is 0. The number of carbonyl (C=O) groups is 1. The van der Waals surface area contributed by atoms with Crippen molar-refractivity contribution >= 4 is 5.91 Å². The maximum absolute atomic E-state index is 12.5. The molecule has 0 radical (unpaired) electrons. The second-order valence-electron chi connectivity index (χ2n) is 7.42. The van der Waals surface area contributed by atoms with E-state index in [0.29, 0.717) is 18.2 Å². The fraction of sp³-hybridized carbons (Fsp3) is 0.348. The molecule has 1 aromatic heterocycles. The summed E-state index contributed by atoms with van der Waals surface area (Å²) >= 11 is 0. The van der Waals surface area contributed by atoms with Gasteiger partial charge in [-0.1, -0.05) is 53.7 Å². The lowest BCUT2D eigenvalue weighted by Gasteiger charge is -2.16. The first kappa shape index (κ1) is 18.4. The Kier molecular flexibility index (Phi) is 5.80. The lowest BCUT2D eigenvalue weighted by atomic mass is 10.0. The molecular formula is C23H25N3O2. The molecule has 5 nitrogen and oxygen atoms in total. The molecule has 144 valence electrons. The lowest BCUT2D eigenvalue weighted by molar-refractivity contribution is -0.130. The molecule has 2 aromatic carbocycles. The van der Waals surface area contributed by atoms with Crippen LogP contribution in [-0.2, 0) is 17.6 Å². The Bertz CT molecular complexity index is 892. The number of aryl methyl sites for hydroxylation is 1. The summed E-state index contributed by atoms with van der Waals surface area (Å²) in [5.41, 5.74) is 2.23. The highest BCUT2D eigenvalue weighted by Crippen LogP contribution is 2.23. The minimum Gasteiger partial charge on any atom is -0.342 e. The highest BCUT2D eigenvalue weighted by Gasteiger charge is 2.27. The SMILES string of the molecule is O=C(CCCc1ccccc1)N1CCC(Cc2noc(-c3ccccc3)n2)C1. The van der Waals surface area contributed by atoms with E-state index in [9.17, 15) is 4.79 Å². The number of aromatic nitrogens is 2. The molecule has 1 atom stereocenters. The van der Waals surface area contributed by atoms with Crippen molar-refractivity contribution in [2.75, 3.05) is 13.1 Å². The normalized spacial score (nSPS) is 16.4. The van der Waals surface area contributed by atoms with Gasteiger partial charge in [-0.2, -0.15) is 4.98 Å². The van der Waals surface area contributed by atoms with Crippen LogP contribution in [0.1, 0.15) is 30.7 Å². The van der Waals surface area contributed by atoms with Gasteiger partial charge in [0.25, 0.3) is 5.89 Å². The molecular weight excluding hydrogens is 350 g/mol. The van der Waals surface area contributed by atoms with E-state index in [2.05, 4.69) is 22.3 Å². The van der Waals surface area contributed by atoms with Crippen LogP contribution in [0.25, 0.3) is 11.5 Å². The summed E-state index contributed by atoms with van der Waals surface area (Å²) in [6.45, 7) is 1.62. The lowest BCUT2D eigenvalue weighted by Crippen LogP contribution is -2.28. The van der Waals surface area contributed by atoms with E-state index in [1.54, 1.807) is 0 Å². The Balaban J connectivity index is 1.24. The van der Waals surface area contributed by atoms with Crippen molar-refractivity contribution in [3.8, 4) is 11.5 Å². The third kappa shape index (κ3) is 4.66. The molecule has 5 heteroatoms. The molecule has 0 spiro atoms. The Labute approximate surface area is 165 Å². The van der Waals surface area contributed by atoms with Gasteiger partial charge in [0.05, 0.1) is 0 Å². The van der Waals surface area contributed by atoms with E-state index in [4.69, 9.17) is 4.52 Å². The number of likely N-dealkylation sites (tertiary alicyclic amines) is 1. The molecule has 28 heavy (non-hydrogen) atoms. The van der Waals surface area contributed by atoms with Crippen LogP contribution in [0.2, 0.25) is 0 Å². The van der Waals surface area contributed by atoms with Crippen LogP contribution in [0.5, 0.6) is 0 Å². The highest BCUT2D eigenvalue weighted by molar-refractivity contribution is 5.76. The van der Waals surface area contributed by atoms with Gasteiger partial charge in [0.1, 0.15) is 0 Å². The summed E-state index contributed by atoms with van der Waals surface area (Å²) in [6.07, 6.45) is 4.22. The van der Waals surface area contributed by atoms with Crippen molar-refractivity contribution in [3.63, 3.8) is 0 Å². The smallest absolute Gasteiger partial charge is 0.257 e. The molecule has 1 aliphatic heterocycles. The third-order valence-corrected chi connectivity index (χ3v) is 5.30. The van der Waals surface area contributed by atoms with Gasteiger partial charge in [0.15, 0.2) is 5.82 Å². The maximum Gasteiger partial charge on any atom is 0.257 e. The largest absolute Gasteiger partial charge is 0.342 e. The summed E-state index contributed by atoms with van der Waals surface area (Å²) in [5.74, 6) is 1.94. The van der Waals surface area contributed by atoms with Gasteiger partial charge in [-0.25, -0.2) is 0 Å². The summed E-state index contributed by atoms with van der Waals surface area (Å²) < 4.78 is 5.39. The van der Waals surface area contributed by atoms with Crippen molar-refractivity contribution in [1.82, 2.24) is 15.0 Å². The van der Waals surface area contributed by atoms with E-state index < -0.39 is 0 Å². The van der Waals surface area contributed by atoms with Gasteiger partial charge in [-0.05, 0) is 42.9 Å². The monoisotopic (exact) mass is 375 g/mol. The van der Waals surface area contributed by atoms with Crippen molar-refractivity contribution < 1.29 is 9.32 Å². The second kappa shape index (κ2) is 8.83. The fourth-order valence-corrected chi connectivity index (χ4v) is 3.77. The van der Waals surface area contributed by atoms with Crippen LogP contribution in [0, 0.1) is 5.92 Å². The second-order valence-corrected chi connectivity index (χ2v) is 7.42. The van der Waals surface area contributed by atoms with Gasteiger partial charge >= 0.3 is 0 Å². The quantitative estimate of drug-likeness (QED) is 0.622. The Morgan fingerprint density at radius 1 is 1.07 bits per heavy atom. The third-order valence-electron chi connectivity index (χ3n) is 5.30. The standard InChI is InChI=1S/C23H25N3O2/c27-22(13-7-10-18-8-3-1-4-9-18)26-15-14-19(17-26)16-21-24-23(28-25-21)20-11-5-2-6-12-20/h1-6,8-9,11-12,19H,7,10,13-17H2. The average molecular weight is 375 g/mol. The van der Waals surface area contributed by atoms with Gasteiger partial charge in [0, 0.05) is 31.5 Å². The molecule has 0 aliphatic carbocycles. The Morgan fingerprint density at radius 3 is 2.61 bits per heavy atom. The molecule has 1 saturated heterocycles. The first-order chi connectivity index (χ1) is 13.8. The van der Waals surface area contributed by atoms with Crippen LogP contribution in [0.4, 0.5) is 0 Å². The maximum atomic E-state index is 12.5. The average Bonchev–Trinajstić information content (AvgIpc) is 3.40. The summed E-state index contributed by atoms with van der Waals surface area (Å²) in [5, 5.41) is 4.12. The Hall–Kier alpha value is -2.95. The number of hydrogen-bond donors (Lipinski definition) is 0. The van der Waals surface area contributed by atoms with Crippen molar-refractivity contribution in [1.29, 1.82) is 0 Å². The zero-order chi connectivity index (χ0) is 19.2.